The fraction of sp³-hybridized carbons (Fsp3) is 0.217. The average molecular weight is 442 g/mol. The molecule has 2 aromatic heterocycles. The lowest BCUT2D eigenvalue weighted by atomic mass is 10.1. The van der Waals surface area contributed by atoms with Gasteiger partial charge in [-0.25, -0.2) is 14.1 Å². The second-order valence-electron chi connectivity index (χ2n) is 7.29. The zero-order valence-corrected chi connectivity index (χ0v) is 18.7. The molecule has 0 N–H and O–H groups in total. The molecule has 2 aromatic carbocycles. The van der Waals surface area contributed by atoms with Gasteiger partial charge >= 0.3 is 0 Å². The predicted octanol–water partition coefficient (Wildman–Crippen LogP) is 6.77. The number of halogens is 2. The maximum absolute atomic E-state index is 14.3. The summed E-state index contributed by atoms with van der Waals surface area (Å²) in [7, 11) is 1.80. The Morgan fingerprint density at radius 1 is 1.13 bits per heavy atom. The summed E-state index contributed by atoms with van der Waals surface area (Å²) in [5.74, 6) is 1.36. The van der Waals surface area contributed by atoms with Crippen LogP contribution in [0.25, 0.3) is 32.5 Å². The topological polar surface area (TPSA) is 39.9 Å². The van der Waals surface area contributed by atoms with Gasteiger partial charge in [0.15, 0.2) is 11.6 Å². The van der Waals surface area contributed by atoms with E-state index in [0.29, 0.717) is 10.8 Å². The minimum atomic E-state index is -0.439. The Bertz CT molecular complexity index is 1180. The van der Waals surface area contributed by atoms with Crippen molar-refractivity contribution in [1.82, 2.24) is 14.8 Å². The summed E-state index contributed by atoms with van der Waals surface area (Å²) >= 11 is 7.81. The molecule has 4 nitrogen and oxygen atoms in total. The summed E-state index contributed by atoms with van der Waals surface area (Å²) in [6, 6.07) is 14.7. The Kier molecular flexibility index (Phi) is 5.62. The normalized spacial score (nSPS) is 11.3. The van der Waals surface area contributed by atoms with Gasteiger partial charge in [0, 0.05) is 11.9 Å². The fourth-order valence-electron chi connectivity index (χ4n) is 3.25. The SMILES string of the molecule is Cc1cc(-c2nc(-c3c(F)cccc3Cl)nn2C)sc1-c1ccc(OC(C)C)cc1. The van der Waals surface area contributed by atoms with E-state index in [1.165, 1.54) is 6.07 Å². The largest absolute Gasteiger partial charge is 0.491 e. The van der Waals surface area contributed by atoms with E-state index in [1.54, 1.807) is 35.2 Å². The van der Waals surface area contributed by atoms with Crippen LogP contribution in [-0.2, 0) is 7.05 Å². The molecule has 0 unspecified atom stereocenters. The van der Waals surface area contributed by atoms with Gasteiger partial charge in [-0.1, -0.05) is 17.7 Å². The summed E-state index contributed by atoms with van der Waals surface area (Å²) in [5.41, 5.74) is 2.47. The van der Waals surface area contributed by atoms with Crippen LogP contribution in [0.5, 0.6) is 5.75 Å². The zero-order chi connectivity index (χ0) is 21.4. The van der Waals surface area contributed by atoms with Gasteiger partial charge in [0.25, 0.3) is 0 Å². The number of benzene rings is 2. The van der Waals surface area contributed by atoms with E-state index < -0.39 is 5.82 Å². The molecule has 30 heavy (non-hydrogen) atoms. The molecule has 0 atom stereocenters. The maximum Gasteiger partial charge on any atom is 0.186 e. The lowest BCUT2D eigenvalue weighted by Crippen LogP contribution is -2.05. The molecule has 7 heteroatoms. The standard InChI is InChI=1S/C23H21ClFN3OS/c1-13(2)29-16-10-8-15(9-11-16)21-14(3)12-19(30-21)23-26-22(27-28(23)4)20-17(24)6-5-7-18(20)25/h5-13H,1-4H3. The van der Waals surface area contributed by atoms with E-state index in [9.17, 15) is 4.39 Å². The van der Waals surface area contributed by atoms with Crippen LogP contribution in [0.2, 0.25) is 5.02 Å². The monoisotopic (exact) mass is 441 g/mol. The molecule has 0 bridgehead atoms. The summed E-state index contributed by atoms with van der Waals surface area (Å²) in [4.78, 5) is 6.69. The van der Waals surface area contributed by atoms with Crippen molar-refractivity contribution < 1.29 is 9.13 Å². The zero-order valence-electron chi connectivity index (χ0n) is 17.1. The smallest absolute Gasteiger partial charge is 0.186 e. The molecular formula is C23H21ClFN3OS. The van der Waals surface area contributed by atoms with Crippen molar-refractivity contribution in [2.24, 2.45) is 7.05 Å². The Hall–Kier alpha value is -2.70. The average Bonchev–Trinajstić information content (AvgIpc) is 3.24. The summed E-state index contributed by atoms with van der Waals surface area (Å²) in [5, 5.41) is 4.69. The summed E-state index contributed by atoms with van der Waals surface area (Å²) < 4.78 is 21.7. The fourth-order valence-corrected chi connectivity index (χ4v) is 4.70. The molecule has 4 rings (SSSR count). The van der Waals surface area contributed by atoms with Gasteiger partial charge in [0.05, 0.1) is 21.6 Å². The third kappa shape index (κ3) is 3.98. The van der Waals surface area contributed by atoms with Gasteiger partial charge in [-0.2, -0.15) is 5.10 Å². The van der Waals surface area contributed by atoms with E-state index in [1.807, 2.05) is 26.0 Å². The summed E-state index contributed by atoms with van der Waals surface area (Å²) in [6.07, 6.45) is 0.138. The molecule has 0 amide bonds. The predicted molar refractivity (Wildman–Crippen MR) is 121 cm³/mol. The van der Waals surface area contributed by atoms with Gasteiger partial charge < -0.3 is 4.74 Å². The van der Waals surface area contributed by atoms with Crippen LogP contribution < -0.4 is 4.74 Å². The first-order valence-electron chi connectivity index (χ1n) is 9.57. The first-order valence-corrected chi connectivity index (χ1v) is 10.8. The van der Waals surface area contributed by atoms with Crippen molar-refractivity contribution in [1.29, 1.82) is 0 Å². The van der Waals surface area contributed by atoms with Crippen molar-refractivity contribution in [2.75, 3.05) is 0 Å². The van der Waals surface area contributed by atoms with Gasteiger partial charge in [0.2, 0.25) is 0 Å². The second-order valence-corrected chi connectivity index (χ2v) is 8.75. The Labute approximate surface area is 183 Å². The third-order valence-electron chi connectivity index (χ3n) is 4.58. The molecule has 0 aliphatic carbocycles. The molecule has 0 aliphatic heterocycles. The molecule has 0 spiro atoms. The van der Waals surface area contributed by atoms with Gasteiger partial charge in [-0.3, -0.25) is 0 Å². The third-order valence-corrected chi connectivity index (χ3v) is 6.17. The quantitative estimate of drug-likeness (QED) is 0.343. The van der Waals surface area contributed by atoms with Crippen LogP contribution in [0.3, 0.4) is 0 Å². The number of aromatic nitrogens is 3. The van der Waals surface area contributed by atoms with E-state index in [0.717, 1.165) is 26.6 Å². The van der Waals surface area contributed by atoms with Crippen LogP contribution in [0.1, 0.15) is 19.4 Å². The van der Waals surface area contributed by atoms with Crippen LogP contribution >= 0.6 is 22.9 Å². The maximum atomic E-state index is 14.3. The molecule has 0 fully saturated rings. The Morgan fingerprint density at radius 3 is 2.53 bits per heavy atom. The lowest BCUT2D eigenvalue weighted by molar-refractivity contribution is 0.242. The van der Waals surface area contributed by atoms with E-state index >= 15 is 0 Å². The lowest BCUT2D eigenvalue weighted by Gasteiger charge is -2.09. The van der Waals surface area contributed by atoms with Crippen LogP contribution in [0.4, 0.5) is 4.39 Å². The van der Waals surface area contributed by atoms with Gasteiger partial charge in [-0.15, -0.1) is 11.3 Å². The van der Waals surface area contributed by atoms with Crippen LogP contribution in [-0.4, -0.2) is 20.9 Å². The minimum Gasteiger partial charge on any atom is -0.491 e. The van der Waals surface area contributed by atoms with Gasteiger partial charge in [-0.05, 0) is 74.4 Å². The number of thiophene rings is 1. The molecule has 0 saturated heterocycles. The first-order chi connectivity index (χ1) is 14.3. The van der Waals surface area contributed by atoms with Crippen molar-refractivity contribution in [3.63, 3.8) is 0 Å². The highest BCUT2D eigenvalue weighted by Gasteiger charge is 2.19. The second kappa shape index (κ2) is 8.20. The van der Waals surface area contributed by atoms with Gasteiger partial charge in [0.1, 0.15) is 11.6 Å². The van der Waals surface area contributed by atoms with Crippen molar-refractivity contribution in [3.05, 3.63) is 64.9 Å². The molecule has 0 aliphatic rings. The number of rotatable bonds is 5. The summed E-state index contributed by atoms with van der Waals surface area (Å²) in [6.45, 7) is 6.08. The molecule has 2 heterocycles. The van der Waals surface area contributed by atoms with E-state index in [2.05, 4.69) is 35.2 Å². The number of nitrogens with zero attached hydrogens (tertiary/aromatic N) is 3. The van der Waals surface area contributed by atoms with Crippen LogP contribution in [0, 0.1) is 12.7 Å². The highest BCUT2D eigenvalue weighted by Crippen LogP contribution is 2.38. The highest BCUT2D eigenvalue weighted by atomic mass is 35.5. The highest BCUT2D eigenvalue weighted by molar-refractivity contribution is 7.19. The van der Waals surface area contributed by atoms with E-state index in [4.69, 9.17) is 16.3 Å². The molecule has 0 saturated carbocycles. The molecular weight excluding hydrogens is 421 g/mol. The Morgan fingerprint density at radius 2 is 1.87 bits per heavy atom. The van der Waals surface area contributed by atoms with Crippen LogP contribution in [0.15, 0.2) is 48.5 Å². The van der Waals surface area contributed by atoms with Crippen molar-refractivity contribution >= 4 is 22.9 Å². The number of hydrogen-bond donors (Lipinski definition) is 0. The minimum absolute atomic E-state index is 0.138. The molecule has 4 aromatic rings. The molecule has 0 radical (unpaired) electrons. The number of aryl methyl sites for hydroxylation is 2. The number of ether oxygens (including phenoxy) is 1. The number of hydrogen-bond acceptors (Lipinski definition) is 4. The first kappa shape index (κ1) is 20.6. The van der Waals surface area contributed by atoms with E-state index in [-0.39, 0.29) is 17.5 Å². The van der Waals surface area contributed by atoms with Crippen molar-refractivity contribution in [2.45, 2.75) is 26.9 Å². The molecule has 154 valence electrons. The Balaban J connectivity index is 1.69. The van der Waals surface area contributed by atoms with Crippen molar-refractivity contribution in [3.8, 4) is 38.3 Å².